The molecule has 0 saturated carbocycles. The lowest BCUT2D eigenvalue weighted by atomic mass is 10.00. The highest BCUT2D eigenvalue weighted by Gasteiger charge is 2.34. The molecule has 1 aliphatic rings. The summed E-state index contributed by atoms with van der Waals surface area (Å²) in [5, 5.41) is 1.29. The standard InChI is InChI=1S/C24H26ClNO5S2/c1-14(2)31-17-12-19-22(20(13-17)33(4,28)29)24(32-18-7-5-16(25)6-8-18)23-15(9-10-26(19)23)11-21(27)30-3/h5-8,12-15H,9-11H2,1-4H3. The molecule has 3 aromatic rings. The number of esters is 1. The van der Waals surface area contributed by atoms with Crippen molar-refractivity contribution >= 4 is 50.1 Å². The van der Waals surface area contributed by atoms with E-state index in [-0.39, 0.29) is 29.3 Å². The van der Waals surface area contributed by atoms with Crippen molar-refractivity contribution in [2.45, 2.75) is 59.9 Å². The quantitative estimate of drug-likeness (QED) is 0.382. The molecule has 0 bridgehead atoms. The Hall–Kier alpha value is -2.16. The van der Waals surface area contributed by atoms with Gasteiger partial charge in [-0.15, -0.1) is 0 Å². The molecular formula is C24H26ClNO5S2. The van der Waals surface area contributed by atoms with Crippen LogP contribution in [0, 0.1) is 0 Å². The third-order valence-electron chi connectivity index (χ3n) is 5.63. The molecule has 33 heavy (non-hydrogen) atoms. The van der Waals surface area contributed by atoms with Crippen molar-refractivity contribution in [1.29, 1.82) is 0 Å². The largest absolute Gasteiger partial charge is 0.491 e. The van der Waals surface area contributed by atoms with Crippen molar-refractivity contribution in [1.82, 2.24) is 4.57 Å². The van der Waals surface area contributed by atoms with Gasteiger partial charge in [0.25, 0.3) is 0 Å². The summed E-state index contributed by atoms with van der Waals surface area (Å²) in [4.78, 5) is 14.1. The number of benzene rings is 2. The van der Waals surface area contributed by atoms with Gasteiger partial charge in [0.05, 0.1) is 30.0 Å². The molecule has 0 amide bonds. The maximum Gasteiger partial charge on any atom is 0.306 e. The number of carbonyl (C=O) groups is 1. The van der Waals surface area contributed by atoms with Gasteiger partial charge in [0.15, 0.2) is 9.84 Å². The number of methoxy groups -OCH3 is 1. The first-order chi connectivity index (χ1) is 15.6. The average Bonchev–Trinajstić information content (AvgIpc) is 3.27. The van der Waals surface area contributed by atoms with Crippen LogP contribution in [-0.4, -0.2) is 38.4 Å². The van der Waals surface area contributed by atoms with E-state index in [0.717, 1.165) is 27.4 Å². The lowest BCUT2D eigenvalue weighted by molar-refractivity contribution is -0.141. The first-order valence-electron chi connectivity index (χ1n) is 10.7. The van der Waals surface area contributed by atoms with E-state index in [9.17, 15) is 13.2 Å². The zero-order valence-electron chi connectivity index (χ0n) is 18.9. The molecular weight excluding hydrogens is 482 g/mol. The Balaban J connectivity index is 1.99. The van der Waals surface area contributed by atoms with Crippen molar-refractivity contribution in [2.24, 2.45) is 0 Å². The molecule has 1 aliphatic heterocycles. The minimum absolute atomic E-state index is 0.0680. The van der Waals surface area contributed by atoms with E-state index in [2.05, 4.69) is 4.57 Å². The van der Waals surface area contributed by atoms with Crippen molar-refractivity contribution in [3.8, 4) is 5.75 Å². The summed E-state index contributed by atoms with van der Waals surface area (Å²) in [5.74, 6) is 0.160. The highest BCUT2D eigenvalue weighted by Crippen LogP contribution is 2.49. The van der Waals surface area contributed by atoms with E-state index in [1.54, 1.807) is 18.2 Å². The molecule has 1 atom stereocenters. The third-order valence-corrected chi connectivity index (χ3v) is 8.13. The fourth-order valence-electron chi connectivity index (χ4n) is 4.31. The molecule has 9 heteroatoms. The number of sulfone groups is 1. The van der Waals surface area contributed by atoms with Crippen molar-refractivity contribution < 1.29 is 22.7 Å². The maximum atomic E-state index is 12.9. The van der Waals surface area contributed by atoms with Crippen LogP contribution < -0.4 is 4.74 Å². The predicted molar refractivity (Wildman–Crippen MR) is 130 cm³/mol. The van der Waals surface area contributed by atoms with Crippen LogP contribution >= 0.6 is 23.4 Å². The monoisotopic (exact) mass is 507 g/mol. The summed E-state index contributed by atoms with van der Waals surface area (Å²) in [7, 11) is -2.18. The highest BCUT2D eigenvalue weighted by molar-refractivity contribution is 7.99. The summed E-state index contributed by atoms with van der Waals surface area (Å²) < 4.78 is 38.8. The van der Waals surface area contributed by atoms with Crippen molar-refractivity contribution in [3.63, 3.8) is 0 Å². The molecule has 0 fully saturated rings. The molecule has 0 radical (unpaired) electrons. The smallest absolute Gasteiger partial charge is 0.306 e. The summed E-state index contributed by atoms with van der Waals surface area (Å²) in [6, 6.07) is 10.9. The summed E-state index contributed by atoms with van der Waals surface area (Å²) >= 11 is 7.55. The van der Waals surface area contributed by atoms with Crippen LogP contribution in [0.2, 0.25) is 5.02 Å². The van der Waals surface area contributed by atoms with Gasteiger partial charge in [-0.1, -0.05) is 23.4 Å². The number of halogens is 1. The SMILES string of the molecule is COC(=O)CC1CCn2c1c(Sc1ccc(Cl)cc1)c1c(S(C)(=O)=O)cc(OC(C)C)cc12. The Morgan fingerprint density at radius 3 is 2.55 bits per heavy atom. The molecule has 4 rings (SSSR count). The van der Waals surface area contributed by atoms with Gasteiger partial charge in [-0.2, -0.15) is 0 Å². The van der Waals surface area contributed by atoms with Gasteiger partial charge in [-0.25, -0.2) is 8.42 Å². The van der Waals surface area contributed by atoms with E-state index in [0.29, 0.717) is 22.7 Å². The van der Waals surface area contributed by atoms with Crippen LogP contribution in [0.4, 0.5) is 0 Å². The van der Waals surface area contributed by atoms with Gasteiger partial charge < -0.3 is 14.0 Å². The lowest BCUT2D eigenvalue weighted by Crippen LogP contribution is -2.07. The first-order valence-corrected chi connectivity index (χ1v) is 13.7. The molecule has 6 nitrogen and oxygen atoms in total. The number of nitrogens with zero attached hydrogens (tertiary/aromatic N) is 1. The number of aromatic nitrogens is 1. The number of fused-ring (bicyclic) bond motifs is 3. The fraction of sp³-hybridized carbons (Fsp3) is 0.375. The van der Waals surface area contributed by atoms with Crippen molar-refractivity contribution in [3.05, 3.63) is 47.1 Å². The zero-order valence-corrected chi connectivity index (χ0v) is 21.3. The number of hydrogen-bond acceptors (Lipinski definition) is 6. The van der Waals surface area contributed by atoms with E-state index in [1.165, 1.54) is 25.1 Å². The fourth-order valence-corrected chi connectivity index (χ4v) is 6.61. The zero-order chi connectivity index (χ0) is 23.9. The molecule has 176 valence electrons. The third kappa shape index (κ3) is 4.88. The number of ether oxygens (including phenoxy) is 2. The topological polar surface area (TPSA) is 74.6 Å². The molecule has 0 N–H and O–H groups in total. The van der Waals surface area contributed by atoms with Crippen molar-refractivity contribution in [2.75, 3.05) is 13.4 Å². The summed E-state index contributed by atoms with van der Waals surface area (Å²) in [6.07, 6.45) is 2.13. The molecule has 0 saturated heterocycles. The second kappa shape index (κ2) is 9.24. The van der Waals surface area contributed by atoms with Crippen LogP contribution in [0.1, 0.15) is 38.3 Å². The van der Waals surface area contributed by atoms with Gasteiger partial charge in [-0.05, 0) is 50.6 Å². The Morgan fingerprint density at radius 1 is 1.24 bits per heavy atom. The molecule has 0 spiro atoms. The molecule has 1 unspecified atom stereocenters. The second-order valence-corrected chi connectivity index (χ2v) is 11.9. The second-order valence-electron chi connectivity index (χ2n) is 8.44. The first kappa shape index (κ1) is 24.0. The number of aryl methyl sites for hydroxylation is 1. The predicted octanol–water partition coefficient (Wildman–Crippen LogP) is 5.69. The van der Waals surface area contributed by atoms with Crippen LogP contribution in [0.15, 0.2) is 51.1 Å². The lowest BCUT2D eigenvalue weighted by Gasteiger charge is -2.14. The Kier molecular flexibility index (Phi) is 6.71. The Morgan fingerprint density at radius 2 is 1.94 bits per heavy atom. The van der Waals surface area contributed by atoms with Crippen LogP contribution in [0.25, 0.3) is 10.9 Å². The molecule has 1 aromatic heterocycles. The van der Waals surface area contributed by atoms with Gasteiger partial charge in [0, 0.05) is 50.7 Å². The number of hydrogen-bond donors (Lipinski definition) is 0. The Bertz CT molecular complexity index is 1310. The normalized spacial score (nSPS) is 15.8. The van der Waals surface area contributed by atoms with Gasteiger partial charge in [0.2, 0.25) is 0 Å². The number of rotatable bonds is 7. The van der Waals surface area contributed by atoms with Gasteiger partial charge in [-0.3, -0.25) is 4.79 Å². The molecule has 0 aliphatic carbocycles. The van der Waals surface area contributed by atoms with Gasteiger partial charge in [0.1, 0.15) is 5.75 Å². The van der Waals surface area contributed by atoms with Crippen LogP contribution in [0.3, 0.4) is 0 Å². The minimum Gasteiger partial charge on any atom is -0.491 e. The minimum atomic E-state index is -3.56. The average molecular weight is 508 g/mol. The maximum absolute atomic E-state index is 12.9. The number of carbonyl (C=O) groups excluding carboxylic acids is 1. The van der Waals surface area contributed by atoms with E-state index >= 15 is 0 Å². The summed E-state index contributed by atoms with van der Waals surface area (Å²) in [5.41, 5.74) is 1.76. The highest BCUT2D eigenvalue weighted by atomic mass is 35.5. The van der Waals surface area contributed by atoms with Crippen LogP contribution in [-0.2, 0) is 25.9 Å². The van der Waals surface area contributed by atoms with E-state index in [1.807, 2.05) is 32.0 Å². The molecule has 2 aromatic carbocycles. The summed E-state index contributed by atoms with van der Waals surface area (Å²) in [6.45, 7) is 4.49. The van der Waals surface area contributed by atoms with Crippen LogP contribution in [0.5, 0.6) is 5.75 Å². The van der Waals surface area contributed by atoms with E-state index in [4.69, 9.17) is 21.1 Å². The Labute approximate surface area is 203 Å². The van der Waals surface area contributed by atoms with E-state index < -0.39 is 9.84 Å². The molecule has 2 heterocycles. The van der Waals surface area contributed by atoms with Gasteiger partial charge >= 0.3 is 5.97 Å².